The summed E-state index contributed by atoms with van der Waals surface area (Å²) in [5.74, 6) is 0. The van der Waals surface area contributed by atoms with Gasteiger partial charge >= 0.3 is 0 Å². The lowest BCUT2D eigenvalue weighted by molar-refractivity contribution is 0.722. The van der Waals surface area contributed by atoms with Gasteiger partial charge in [0.2, 0.25) is 0 Å². The van der Waals surface area contributed by atoms with Crippen LogP contribution in [0.2, 0.25) is 0 Å². The van der Waals surface area contributed by atoms with Crippen molar-refractivity contribution >= 4 is 50.2 Å². The SMILES string of the molecule is c1ccc(C2(c3ccccc3)c3ccccc3-c3cc(N(c4ccc5c(c4)C(c4ccccc4)(c4ccccc4)c4ccccc4-5)c4ccc5c(c4)C4(c6ccccc6Sc6ccccc64)c4cc(-c6ccc7sccc7c6)ccc4-5)ccc32)cc1. The van der Waals surface area contributed by atoms with E-state index in [0.717, 1.165) is 17.1 Å². The van der Waals surface area contributed by atoms with Crippen molar-refractivity contribution in [2.45, 2.75) is 26.0 Å². The number of nitrogens with zero attached hydrogens (tertiary/aromatic N) is 1. The molecule has 2 heterocycles. The van der Waals surface area contributed by atoms with Crippen molar-refractivity contribution in [1.29, 1.82) is 0 Å². The van der Waals surface area contributed by atoms with Gasteiger partial charge in [0.1, 0.15) is 0 Å². The first-order valence-electron chi connectivity index (χ1n) is 29.8. The Hall–Kier alpha value is -10.0. The van der Waals surface area contributed by atoms with E-state index in [0.29, 0.717) is 0 Å². The van der Waals surface area contributed by atoms with Crippen LogP contribution in [0.1, 0.15) is 66.8 Å². The zero-order chi connectivity index (χ0) is 56.6. The van der Waals surface area contributed by atoms with E-state index in [9.17, 15) is 0 Å². The minimum absolute atomic E-state index is 0.540. The highest BCUT2D eigenvalue weighted by Gasteiger charge is 2.52. The molecule has 0 N–H and O–H groups in total. The van der Waals surface area contributed by atoms with Crippen LogP contribution in [0.5, 0.6) is 0 Å². The first-order chi connectivity index (χ1) is 42.6. The minimum Gasteiger partial charge on any atom is -0.310 e. The third-order valence-corrected chi connectivity index (χ3v) is 21.4. The summed E-state index contributed by atoms with van der Waals surface area (Å²) in [7, 11) is 0. The van der Waals surface area contributed by atoms with Crippen molar-refractivity contribution in [2.24, 2.45) is 0 Å². The first-order valence-corrected chi connectivity index (χ1v) is 31.5. The monoisotopic (exact) mass is 1130 g/mol. The second-order valence-electron chi connectivity index (χ2n) is 23.4. The number of fused-ring (bicyclic) bond motifs is 16. The lowest BCUT2D eigenvalue weighted by Gasteiger charge is -2.40. The fourth-order valence-electron chi connectivity index (χ4n) is 15.9. The standard InChI is InChI=1S/C83H53NS2/c1-5-21-57(22-6-1)81(58-23-7-2-8-24-58)71-32-16-14-30-65(71)69-51-61(41-45-72(69)81)84(62-39-43-67-64-29-13-15-31-70(64)82(76(67)52-62,59-25-9-3-10-26-59)60-27-11-4-12-28-60)63-40-44-68-66-42-37-55(54-38-46-78-56(49-54)47-48-85-78)50-75(66)83(77(68)53-63)73-33-17-19-35-79(73)86-80-36-20-18-34-74(80)83/h1-53H. The molecule has 1 spiro atoms. The van der Waals surface area contributed by atoms with Gasteiger partial charge in [-0.05, 0) is 195 Å². The van der Waals surface area contributed by atoms with Crippen LogP contribution in [0, 0.1) is 0 Å². The Morgan fingerprint density at radius 3 is 1.19 bits per heavy atom. The largest absolute Gasteiger partial charge is 0.310 e. The average Bonchev–Trinajstić information content (AvgIpc) is 1.56. The lowest BCUT2D eigenvalue weighted by Crippen LogP contribution is -2.32. The molecule has 0 atom stereocenters. The molecule has 18 rings (SSSR count). The number of rotatable bonds is 8. The summed E-state index contributed by atoms with van der Waals surface area (Å²) in [5, 5.41) is 3.48. The Morgan fingerprint density at radius 1 is 0.244 bits per heavy atom. The van der Waals surface area contributed by atoms with E-state index in [1.54, 1.807) is 11.3 Å². The molecule has 0 amide bonds. The van der Waals surface area contributed by atoms with Crippen LogP contribution in [0.4, 0.5) is 17.1 Å². The fraction of sp³-hybridized carbons (Fsp3) is 0.0361. The Morgan fingerprint density at radius 2 is 0.628 bits per heavy atom. The summed E-state index contributed by atoms with van der Waals surface area (Å²) in [4.78, 5) is 5.14. The van der Waals surface area contributed by atoms with Gasteiger partial charge in [-0.25, -0.2) is 0 Å². The molecule has 4 aliphatic rings. The molecule has 0 radical (unpaired) electrons. The minimum atomic E-state index is -0.634. The van der Waals surface area contributed by atoms with Crippen LogP contribution in [0.25, 0.3) is 54.6 Å². The van der Waals surface area contributed by atoms with E-state index in [-0.39, 0.29) is 0 Å². The van der Waals surface area contributed by atoms with Crippen LogP contribution < -0.4 is 4.90 Å². The van der Waals surface area contributed by atoms with Crippen LogP contribution >= 0.6 is 23.1 Å². The molecule has 13 aromatic carbocycles. The summed E-state index contributed by atoms with van der Waals surface area (Å²) >= 11 is 3.70. The third kappa shape index (κ3) is 6.78. The van der Waals surface area contributed by atoms with Crippen LogP contribution in [0.15, 0.2) is 331 Å². The van der Waals surface area contributed by atoms with E-state index < -0.39 is 16.2 Å². The smallest absolute Gasteiger partial charge is 0.0736 e. The number of hydrogen-bond acceptors (Lipinski definition) is 3. The lowest BCUT2D eigenvalue weighted by atomic mass is 9.67. The highest BCUT2D eigenvalue weighted by molar-refractivity contribution is 7.99. The van der Waals surface area contributed by atoms with E-state index in [1.165, 1.54) is 131 Å². The first kappa shape index (κ1) is 49.4. The molecule has 0 saturated heterocycles. The molecule has 402 valence electrons. The summed E-state index contributed by atoms with van der Waals surface area (Å²) in [6.07, 6.45) is 0. The molecule has 1 nitrogen and oxygen atoms in total. The molecule has 0 fully saturated rings. The molecule has 14 aromatic rings. The van der Waals surface area contributed by atoms with E-state index >= 15 is 0 Å². The van der Waals surface area contributed by atoms with Crippen molar-refractivity contribution in [3.63, 3.8) is 0 Å². The second-order valence-corrected chi connectivity index (χ2v) is 25.4. The molecular weight excluding hydrogens is 1080 g/mol. The highest BCUT2D eigenvalue weighted by Crippen LogP contribution is 2.65. The maximum atomic E-state index is 2.58. The van der Waals surface area contributed by atoms with Crippen LogP contribution in [-0.4, -0.2) is 0 Å². The van der Waals surface area contributed by atoms with Gasteiger partial charge < -0.3 is 4.90 Å². The number of anilines is 3. The van der Waals surface area contributed by atoms with Gasteiger partial charge in [0, 0.05) is 31.6 Å². The molecule has 1 aliphatic heterocycles. The average molecular weight is 1130 g/mol. The molecule has 3 heteroatoms. The molecule has 0 bridgehead atoms. The van der Waals surface area contributed by atoms with E-state index in [2.05, 4.69) is 326 Å². The maximum absolute atomic E-state index is 2.58. The normalized spacial score (nSPS) is 14.5. The summed E-state index contributed by atoms with van der Waals surface area (Å²) in [6.45, 7) is 0. The highest BCUT2D eigenvalue weighted by atomic mass is 32.2. The summed E-state index contributed by atoms with van der Waals surface area (Å²) in [6, 6.07) is 120. The van der Waals surface area contributed by atoms with E-state index in [1.807, 2.05) is 11.8 Å². The van der Waals surface area contributed by atoms with Gasteiger partial charge in [-0.3, -0.25) is 0 Å². The van der Waals surface area contributed by atoms with Gasteiger partial charge in [0.05, 0.1) is 16.2 Å². The molecule has 0 saturated carbocycles. The number of hydrogen-bond donors (Lipinski definition) is 0. The predicted molar refractivity (Wildman–Crippen MR) is 358 cm³/mol. The molecule has 86 heavy (non-hydrogen) atoms. The van der Waals surface area contributed by atoms with Crippen molar-refractivity contribution < 1.29 is 0 Å². The van der Waals surface area contributed by atoms with Gasteiger partial charge in [0.25, 0.3) is 0 Å². The Labute approximate surface area is 509 Å². The maximum Gasteiger partial charge on any atom is 0.0736 e. The van der Waals surface area contributed by atoms with Crippen molar-refractivity contribution in [3.8, 4) is 44.5 Å². The zero-order valence-electron chi connectivity index (χ0n) is 46.9. The van der Waals surface area contributed by atoms with Gasteiger partial charge in [-0.15, -0.1) is 11.3 Å². The van der Waals surface area contributed by atoms with E-state index in [4.69, 9.17) is 0 Å². The third-order valence-electron chi connectivity index (χ3n) is 19.4. The quantitative estimate of drug-likeness (QED) is 0.149. The number of thiophene rings is 1. The van der Waals surface area contributed by atoms with Crippen LogP contribution in [-0.2, 0) is 16.2 Å². The predicted octanol–water partition coefficient (Wildman–Crippen LogP) is 21.6. The fourth-order valence-corrected chi connectivity index (χ4v) is 17.9. The van der Waals surface area contributed by atoms with Crippen molar-refractivity contribution in [1.82, 2.24) is 0 Å². The number of benzene rings is 13. The Kier molecular flexibility index (Phi) is 10.9. The summed E-state index contributed by atoms with van der Waals surface area (Å²) < 4.78 is 1.31. The van der Waals surface area contributed by atoms with Gasteiger partial charge in [-0.1, -0.05) is 254 Å². The van der Waals surface area contributed by atoms with Crippen molar-refractivity contribution in [2.75, 3.05) is 4.90 Å². The molecule has 1 aromatic heterocycles. The Balaban J connectivity index is 0.922. The van der Waals surface area contributed by atoms with Crippen molar-refractivity contribution in [3.05, 3.63) is 388 Å². The summed E-state index contributed by atoms with van der Waals surface area (Å²) in [5.41, 5.74) is 26.8. The molecule has 0 unspecified atom stereocenters. The topological polar surface area (TPSA) is 3.24 Å². The second kappa shape index (κ2) is 19.0. The van der Waals surface area contributed by atoms with Crippen LogP contribution in [0.3, 0.4) is 0 Å². The molecule has 3 aliphatic carbocycles. The Bertz CT molecular complexity index is 4920. The zero-order valence-corrected chi connectivity index (χ0v) is 48.5. The molecular formula is C83H53NS2. The van der Waals surface area contributed by atoms with Gasteiger partial charge in [-0.2, -0.15) is 0 Å². The van der Waals surface area contributed by atoms with Gasteiger partial charge in [0.15, 0.2) is 0 Å².